The van der Waals surface area contributed by atoms with Crippen LogP contribution in [-0.4, -0.2) is 36.9 Å². The van der Waals surface area contributed by atoms with Gasteiger partial charge >= 0.3 is 0 Å². The zero-order chi connectivity index (χ0) is 18.4. The lowest BCUT2D eigenvalue weighted by molar-refractivity contribution is -0.135. The molecule has 2 aromatic rings. The molecule has 0 spiro atoms. The number of amides is 2. The van der Waals surface area contributed by atoms with E-state index < -0.39 is 0 Å². The number of hydrogen-bond acceptors (Lipinski definition) is 3. The maximum Gasteiger partial charge on any atom is 0.260 e. The van der Waals surface area contributed by atoms with Gasteiger partial charge in [-0.15, -0.1) is 0 Å². The highest BCUT2D eigenvalue weighted by molar-refractivity contribution is 6.33. The van der Waals surface area contributed by atoms with Crippen LogP contribution in [0.5, 0.6) is 5.75 Å². The number of likely N-dealkylation sites (N-methyl/N-ethyl adjacent to an activating group) is 1. The smallest absolute Gasteiger partial charge is 0.260 e. The van der Waals surface area contributed by atoms with Crippen LogP contribution in [0.3, 0.4) is 0 Å². The number of aryl methyl sites for hydroxylation is 1. The van der Waals surface area contributed by atoms with Crippen LogP contribution in [0.25, 0.3) is 0 Å². The molecule has 132 valence electrons. The summed E-state index contributed by atoms with van der Waals surface area (Å²) in [5, 5.41) is 3.73. The molecule has 1 N–H and O–H groups in total. The SMILES string of the molecule is Cc1cc(OCC(=O)N(C)CC(=O)Nc2ccccc2Cl)ccc1Cl. The fourth-order valence-electron chi connectivity index (χ4n) is 2.02. The van der Waals surface area contributed by atoms with Crippen molar-refractivity contribution in [1.82, 2.24) is 4.90 Å². The van der Waals surface area contributed by atoms with Gasteiger partial charge in [-0.2, -0.15) is 0 Å². The summed E-state index contributed by atoms with van der Waals surface area (Å²) in [7, 11) is 1.53. The minimum Gasteiger partial charge on any atom is -0.484 e. The second kappa shape index (κ2) is 8.74. The van der Waals surface area contributed by atoms with E-state index in [-0.39, 0.29) is 25.0 Å². The highest BCUT2D eigenvalue weighted by Gasteiger charge is 2.14. The summed E-state index contributed by atoms with van der Waals surface area (Å²) in [4.78, 5) is 25.4. The van der Waals surface area contributed by atoms with Crippen molar-refractivity contribution in [2.45, 2.75) is 6.92 Å². The summed E-state index contributed by atoms with van der Waals surface area (Å²) < 4.78 is 5.44. The van der Waals surface area contributed by atoms with Gasteiger partial charge in [-0.25, -0.2) is 0 Å². The Morgan fingerprint density at radius 1 is 1.12 bits per heavy atom. The van der Waals surface area contributed by atoms with E-state index in [2.05, 4.69) is 5.32 Å². The number of halogens is 2. The van der Waals surface area contributed by atoms with E-state index in [1.807, 2.05) is 6.92 Å². The molecule has 0 fully saturated rings. The Bertz CT molecular complexity index is 781. The molecule has 0 aliphatic heterocycles. The molecule has 0 atom stereocenters. The van der Waals surface area contributed by atoms with Crippen molar-refractivity contribution >= 4 is 40.7 Å². The van der Waals surface area contributed by atoms with Crippen LogP contribution in [0.4, 0.5) is 5.69 Å². The normalized spacial score (nSPS) is 10.2. The number of nitrogens with one attached hydrogen (secondary N) is 1. The van der Waals surface area contributed by atoms with Crippen molar-refractivity contribution in [3.8, 4) is 5.75 Å². The Balaban J connectivity index is 1.84. The van der Waals surface area contributed by atoms with Gasteiger partial charge in [-0.1, -0.05) is 35.3 Å². The van der Waals surface area contributed by atoms with E-state index in [0.29, 0.717) is 21.5 Å². The first-order chi connectivity index (χ1) is 11.9. The Kier molecular flexibility index (Phi) is 6.67. The first-order valence-electron chi connectivity index (χ1n) is 7.54. The van der Waals surface area contributed by atoms with Crippen LogP contribution < -0.4 is 10.1 Å². The number of nitrogens with zero attached hydrogens (tertiary/aromatic N) is 1. The lowest BCUT2D eigenvalue weighted by Gasteiger charge is -2.17. The van der Waals surface area contributed by atoms with Gasteiger partial charge in [0.05, 0.1) is 17.3 Å². The number of benzene rings is 2. The fourth-order valence-corrected chi connectivity index (χ4v) is 2.32. The molecule has 0 heterocycles. The molecule has 0 aliphatic rings. The van der Waals surface area contributed by atoms with E-state index in [0.717, 1.165) is 5.56 Å². The highest BCUT2D eigenvalue weighted by Crippen LogP contribution is 2.21. The zero-order valence-corrected chi connectivity index (χ0v) is 15.4. The first kappa shape index (κ1) is 19.1. The molecule has 2 amide bonds. The molecule has 0 aliphatic carbocycles. The van der Waals surface area contributed by atoms with Crippen molar-refractivity contribution in [2.24, 2.45) is 0 Å². The minimum atomic E-state index is -0.341. The molecular formula is C18H18Cl2N2O3. The fraction of sp³-hybridized carbons (Fsp3) is 0.222. The third-order valence-electron chi connectivity index (χ3n) is 3.45. The molecule has 0 unspecified atom stereocenters. The topological polar surface area (TPSA) is 58.6 Å². The van der Waals surface area contributed by atoms with Crippen LogP contribution in [0.1, 0.15) is 5.56 Å². The Morgan fingerprint density at radius 3 is 2.52 bits per heavy atom. The Hall–Kier alpha value is -2.24. The number of ether oxygens (including phenoxy) is 1. The predicted octanol–water partition coefficient (Wildman–Crippen LogP) is 3.78. The zero-order valence-electron chi connectivity index (χ0n) is 13.9. The van der Waals surface area contributed by atoms with E-state index in [1.165, 1.54) is 11.9 Å². The van der Waals surface area contributed by atoms with Gasteiger partial charge in [-0.3, -0.25) is 9.59 Å². The summed E-state index contributed by atoms with van der Waals surface area (Å²) in [6.45, 7) is 1.58. The Morgan fingerprint density at radius 2 is 1.84 bits per heavy atom. The molecule has 5 nitrogen and oxygen atoms in total. The van der Waals surface area contributed by atoms with Crippen LogP contribution in [-0.2, 0) is 9.59 Å². The van der Waals surface area contributed by atoms with Crippen LogP contribution in [0.2, 0.25) is 10.0 Å². The van der Waals surface area contributed by atoms with Gasteiger partial charge in [0.25, 0.3) is 5.91 Å². The van der Waals surface area contributed by atoms with Crippen molar-refractivity contribution in [1.29, 1.82) is 0 Å². The molecule has 0 bridgehead atoms. The third-order valence-corrected chi connectivity index (χ3v) is 4.20. The molecule has 0 aromatic heterocycles. The van der Waals surface area contributed by atoms with Crippen molar-refractivity contribution < 1.29 is 14.3 Å². The second-order valence-electron chi connectivity index (χ2n) is 5.48. The van der Waals surface area contributed by atoms with Crippen molar-refractivity contribution in [3.05, 3.63) is 58.1 Å². The van der Waals surface area contributed by atoms with Crippen LogP contribution >= 0.6 is 23.2 Å². The maximum atomic E-state index is 12.1. The summed E-state index contributed by atoms with van der Waals surface area (Å²) >= 11 is 11.9. The van der Waals surface area contributed by atoms with Gasteiger partial charge in [0.2, 0.25) is 5.91 Å². The summed E-state index contributed by atoms with van der Waals surface area (Å²) in [6.07, 6.45) is 0. The highest BCUT2D eigenvalue weighted by atomic mass is 35.5. The lowest BCUT2D eigenvalue weighted by Crippen LogP contribution is -2.37. The van der Waals surface area contributed by atoms with E-state index in [9.17, 15) is 9.59 Å². The van der Waals surface area contributed by atoms with Gasteiger partial charge < -0.3 is 15.0 Å². The molecule has 0 radical (unpaired) electrons. The van der Waals surface area contributed by atoms with Crippen LogP contribution in [0.15, 0.2) is 42.5 Å². The predicted molar refractivity (Wildman–Crippen MR) is 99.4 cm³/mol. The van der Waals surface area contributed by atoms with Gasteiger partial charge in [0.1, 0.15) is 5.75 Å². The van der Waals surface area contributed by atoms with E-state index in [1.54, 1.807) is 42.5 Å². The molecule has 0 saturated heterocycles. The number of para-hydroxylation sites is 1. The van der Waals surface area contributed by atoms with E-state index in [4.69, 9.17) is 27.9 Å². The molecule has 0 saturated carbocycles. The summed E-state index contributed by atoms with van der Waals surface area (Å²) in [5.74, 6) is -0.114. The molecule has 7 heteroatoms. The van der Waals surface area contributed by atoms with Gasteiger partial charge in [0.15, 0.2) is 6.61 Å². The van der Waals surface area contributed by atoms with Crippen molar-refractivity contribution in [3.63, 3.8) is 0 Å². The maximum absolute atomic E-state index is 12.1. The molecule has 25 heavy (non-hydrogen) atoms. The summed E-state index contributed by atoms with van der Waals surface area (Å²) in [5.41, 5.74) is 1.36. The average Bonchev–Trinajstić information content (AvgIpc) is 2.57. The lowest BCUT2D eigenvalue weighted by atomic mass is 10.2. The largest absolute Gasteiger partial charge is 0.484 e. The molecule has 2 aromatic carbocycles. The standard InChI is InChI=1S/C18H18Cl2N2O3/c1-12-9-13(7-8-14(12)19)25-11-18(24)22(2)10-17(23)21-16-6-4-3-5-15(16)20/h3-9H,10-11H2,1-2H3,(H,21,23). The monoisotopic (exact) mass is 380 g/mol. The van der Waals surface area contributed by atoms with Gasteiger partial charge in [0, 0.05) is 12.1 Å². The van der Waals surface area contributed by atoms with E-state index >= 15 is 0 Å². The molecular weight excluding hydrogens is 363 g/mol. The van der Waals surface area contributed by atoms with Crippen molar-refractivity contribution in [2.75, 3.05) is 25.5 Å². The number of carbonyl (C=O) groups is 2. The average molecular weight is 381 g/mol. The quantitative estimate of drug-likeness (QED) is 0.829. The second-order valence-corrected chi connectivity index (χ2v) is 6.29. The first-order valence-corrected chi connectivity index (χ1v) is 8.29. The number of rotatable bonds is 6. The summed E-state index contributed by atoms with van der Waals surface area (Å²) in [6, 6.07) is 12.0. The van der Waals surface area contributed by atoms with Crippen LogP contribution in [0, 0.1) is 6.92 Å². The number of anilines is 1. The Labute approximate surface area is 156 Å². The minimum absolute atomic E-state index is 0.104. The molecule has 2 rings (SSSR count). The third kappa shape index (κ3) is 5.66. The van der Waals surface area contributed by atoms with Gasteiger partial charge in [-0.05, 0) is 42.8 Å². The number of carbonyl (C=O) groups excluding carboxylic acids is 2. The number of hydrogen-bond donors (Lipinski definition) is 1.